The van der Waals surface area contributed by atoms with Crippen molar-refractivity contribution in [3.05, 3.63) is 11.8 Å². The van der Waals surface area contributed by atoms with Gasteiger partial charge in [-0.05, 0) is 38.5 Å². The summed E-state index contributed by atoms with van der Waals surface area (Å²) < 4.78 is 0. The van der Waals surface area contributed by atoms with E-state index in [0.29, 0.717) is 12.1 Å². The average Bonchev–Trinajstić information content (AvgIpc) is 2.26. The zero-order chi connectivity index (χ0) is 9.38. The van der Waals surface area contributed by atoms with Crippen LogP contribution in [-0.4, -0.2) is 17.8 Å². The Morgan fingerprint density at radius 3 is 3.07 bits per heavy atom. The number of aliphatic imine (C=N–C) groups is 1. The minimum atomic E-state index is 0.579. The number of fused-ring (bicyclic) bond motifs is 2. The minimum absolute atomic E-state index is 0.579. The fourth-order valence-corrected chi connectivity index (χ4v) is 2.87. The molecule has 0 aromatic heterocycles. The first-order chi connectivity index (χ1) is 6.93. The summed E-state index contributed by atoms with van der Waals surface area (Å²) in [5, 5.41) is 3.76. The molecule has 0 bridgehead atoms. The molecule has 2 atom stereocenters. The monoisotopic (exact) mass is 190 g/mol. The molecule has 2 nitrogen and oxygen atoms in total. The molecule has 1 N–H and O–H groups in total. The van der Waals surface area contributed by atoms with Crippen LogP contribution in [0.5, 0.6) is 0 Å². The van der Waals surface area contributed by atoms with E-state index in [2.05, 4.69) is 11.4 Å². The van der Waals surface area contributed by atoms with Crippen molar-refractivity contribution in [2.45, 2.75) is 57.0 Å². The Bertz CT molecular complexity index is 291. The van der Waals surface area contributed by atoms with E-state index >= 15 is 0 Å². The van der Waals surface area contributed by atoms with Gasteiger partial charge in [-0.1, -0.05) is 12.5 Å². The number of nitrogens with one attached hydrogen (secondary N) is 1. The minimum Gasteiger partial charge on any atom is -0.301 e. The lowest BCUT2D eigenvalue weighted by Crippen LogP contribution is -2.49. The van der Waals surface area contributed by atoms with Gasteiger partial charge in [-0.15, -0.1) is 0 Å². The SMILES string of the molecule is C1=C2N=C3CCCCC3NC2CCC1. The molecule has 3 aliphatic rings. The number of hydrogen-bond donors (Lipinski definition) is 1. The summed E-state index contributed by atoms with van der Waals surface area (Å²) in [6.07, 6.45) is 11.4. The van der Waals surface area contributed by atoms with Crippen LogP contribution in [0, 0.1) is 0 Å². The number of allylic oxidation sites excluding steroid dienone is 1. The van der Waals surface area contributed by atoms with Crippen LogP contribution >= 0.6 is 0 Å². The van der Waals surface area contributed by atoms with Crippen molar-refractivity contribution < 1.29 is 0 Å². The Hall–Kier alpha value is -0.630. The van der Waals surface area contributed by atoms with Crippen molar-refractivity contribution >= 4 is 5.71 Å². The third-order valence-corrected chi connectivity index (χ3v) is 3.66. The highest BCUT2D eigenvalue weighted by Gasteiger charge is 2.30. The van der Waals surface area contributed by atoms with E-state index in [1.165, 1.54) is 56.4 Å². The predicted octanol–water partition coefficient (Wildman–Crippen LogP) is 2.41. The fraction of sp³-hybridized carbons (Fsp3) is 0.750. The predicted molar refractivity (Wildman–Crippen MR) is 58.5 cm³/mol. The van der Waals surface area contributed by atoms with Crippen molar-refractivity contribution in [2.75, 3.05) is 0 Å². The van der Waals surface area contributed by atoms with Gasteiger partial charge in [-0.3, -0.25) is 4.99 Å². The summed E-state index contributed by atoms with van der Waals surface area (Å²) in [5.74, 6) is 0. The third kappa shape index (κ3) is 1.42. The summed E-state index contributed by atoms with van der Waals surface area (Å²) in [6, 6.07) is 1.19. The van der Waals surface area contributed by atoms with E-state index in [1.54, 1.807) is 0 Å². The lowest BCUT2D eigenvalue weighted by Gasteiger charge is -2.36. The summed E-state index contributed by atoms with van der Waals surface area (Å²) in [4.78, 5) is 4.84. The zero-order valence-electron chi connectivity index (χ0n) is 8.63. The maximum absolute atomic E-state index is 4.84. The molecule has 2 aliphatic carbocycles. The summed E-state index contributed by atoms with van der Waals surface area (Å²) in [6.45, 7) is 0. The highest BCUT2D eigenvalue weighted by Crippen LogP contribution is 2.28. The van der Waals surface area contributed by atoms with Crippen molar-refractivity contribution in [2.24, 2.45) is 4.99 Å². The molecular formula is C12H18N2. The maximum atomic E-state index is 4.84. The van der Waals surface area contributed by atoms with E-state index in [9.17, 15) is 0 Å². The Morgan fingerprint density at radius 2 is 2.07 bits per heavy atom. The standard InChI is InChI=1S/C12H18N2/c1-2-6-10-9(5-1)13-11-7-3-4-8-12(11)14-10/h5,10,12,14H,1-4,6-8H2. The van der Waals surface area contributed by atoms with Gasteiger partial charge >= 0.3 is 0 Å². The van der Waals surface area contributed by atoms with Gasteiger partial charge in [-0.25, -0.2) is 0 Å². The number of hydrogen-bond acceptors (Lipinski definition) is 2. The molecule has 1 saturated carbocycles. The molecule has 76 valence electrons. The van der Waals surface area contributed by atoms with Crippen LogP contribution in [0.15, 0.2) is 16.8 Å². The first-order valence-electron chi connectivity index (χ1n) is 5.97. The number of rotatable bonds is 0. The average molecular weight is 190 g/mol. The summed E-state index contributed by atoms with van der Waals surface area (Å²) >= 11 is 0. The first-order valence-corrected chi connectivity index (χ1v) is 5.97. The van der Waals surface area contributed by atoms with E-state index in [-0.39, 0.29) is 0 Å². The Kier molecular flexibility index (Phi) is 2.17. The summed E-state index contributed by atoms with van der Waals surface area (Å²) in [5.41, 5.74) is 2.77. The second-order valence-corrected chi connectivity index (χ2v) is 4.68. The maximum Gasteiger partial charge on any atom is 0.0533 e. The molecular weight excluding hydrogens is 172 g/mol. The summed E-state index contributed by atoms with van der Waals surface area (Å²) in [7, 11) is 0. The molecule has 1 heterocycles. The molecule has 2 heteroatoms. The van der Waals surface area contributed by atoms with Crippen LogP contribution in [0.1, 0.15) is 44.9 Å². The second-order valence-electron chi connectivity index (χ2n) is 4.68. The van der Waals surface area contributed by atoms with Gasteiger partial charge in [0.05, 0.1) is 5.70 Å². The number of nitrogens with zero attached hydrogens (tertiary/aromatic N) is 1. The molecule has 0 saturated heterocycles. The van der Waals surface area contributed by atoms with Crippen LogP contribution in [0.25, 0.3) is 0 Å². The van der Waals surface area contributed by atoms with E-state index in [1.807, 2.05) is 0 Å². The Labute approximate surface area is 85.5 Å². The molecule has 1 aliphatic heterocycles. The smallest absolute Gasteiger partial charge is 0.0533 e. The van der Waals surface area contributed by atoms with E-state index in [0.717, 1.165) is 0 Å². The molecule has 0 radical (unpaired) electrons. The van der Waals surface area contributed by atoms with Crippen molar-refractivity contribution in [1.82, 2.24) is 5.32 Å². The third-order valence-electron chi connectivity index (χ3n) is 3.66. The highest BCUT2D eigenvalue weighted by molar-refractivity contribution is 5.92. The van der Waals surface area contributed by atoms with Gasteiger partial charge in [0.2, 0.25) is 0 Å². The van der Waals surface area contributed by atoms with E-state index < -0.39 is 0 Å². The molecule has 1 fully saturated rings. The van der Waals surface area contributed by atoms with Gasteiger partial charge < -0.3 is 5.32 Å². The molecule has 0 spiro atoms. The Morgan fingerprint density at radius 1 is 1.14 bits per heavy atom. The van der Waals surface area contributed by atoms with Gasteiger partial charge in [0, 0.05) is 17.8 Å². The van der Waals surface area contributed by atoms with Crippen molar-refractivity contribution in [3.8, 4) is 0 Å². The molecule has 0 aromatic rings. The van der Waals surface area contributed by atoms with Gasteiger partial charge in [-0.2, -0.15) is 0 Å². The molecule has 2 unspecified atom stereocenters. The lowest BCUT2D eigenvalue weighted by atomic mass is 9.88. The van der Waals surface area contributed by atoms with Crippen molar-refractivity contribution in [3.63, 3.8) is 0 Å². The van der Waals surface area contributed by atoms with E-state index in [4.69, 9.17) is 4.99 Å². The molecule has 3 rings (SSSR count). The molecule has 0 aromatic carbocycles. The van der Waals surface area contributed by atoms with Crippen LogP contribution in [-0.2, 0) is 0 Å². The molecule has 0 amide bonds. The lowest BCUT2D eigenvalue weighted by molar-refractivity contribution is 0.417. The molecule has 14 heavy (non-hydrogen) atoms. The van der Waals surface area contributed by atoms with Gasteiger partial charge in [0.15, 0.2) is 0 Å². The largest absolute Gasteiger partial charge is 0.301 e. The van der Waals surface area contributed by atoms with Crippen LogP contribution in [0.2, 0.25) is 0 Å². The first kappa shape index (κ1) is 8.66. The van der Waals surface area contributed by atoms with Crippen LogP contribution in [0.4, 0.5) is 0 Å². The van der Waals surface area contributed by atoms with Crippen molar-refractivity contribution in [1.29, 1.82) is 0 Å². The highest BCUT2D eigenvalue weighted by atomic mass is 15.1. The van der Waals surface area contributed by atoms with Gasteiger partial charge in [0.25, 0.3) is 0 Å². The van der Waals surface area contributed by atoms with Gasteiger partial charge in [0.1, 0.15) is 0 Å². The van der Waals surface area contributed by atoms with Crippen LogP contribution < -0.4 is 5.32 Å². The zero-order valence-corrected chi connectivity index (χ0v) is 8.63. The van der Waals surface area contributed by atoms with Crippen LogP contribution in [0.3, 0.4) is 0 Å². The fourth-order valence-electron chi connectivity index (χ4n) is 2.87. The topological polar surface area (TPSA) is 24.4 Å². The second kappa shape index (κ2) is 3.50. The quantitative estimate of drug-likeness (QED) is 0.623. The normalized spacial score (nSPS) is 36.6. The Balaban J connectivity index is 1.89.